The van der Waals surface area contributed by atoms with Gasteiger partial charge in [-0.15, -0.1) is 22.7 Å². The Hall–Kier alpha value is -6.99. The molecule has 4 aromatic heterocycles. The highest BCUT2D eigenvalue weighted by Crippen LogP contribution is 2.45. The summed E-state index contributed by atoms with van der Waals surface area (Å²) in [5.41, 5.74) is 8.72. The van der Waals surface area contributed by atoms with E-state index in [1.54, 1.807) is 22.7 Å². The molecule has 0 aliphatic carbocycles. The summed E-state index contributed by atoms with van der Waals surface area (Å²) in [4.78, 5) is 16.0. The monoisotopic (exact) mass is 762 g/mol. The van der Waals surface area contributed by atoms with Gasteiger partial charge in [-0.2, -0.15) is 0 Å². The molecule has 0 amide bonds. The van der Waals surface area contributed by atoms with Gasteiger partial charge < -0.3 is 4.57 Å². The average molecular weight is 763 g/mol. The zero-order valence-electron chi connectivity index (χ0n) is 30.4. The molecule has 0 bridgehead atoms. The normalized spacial score (nSPS) is 11.9. The number of thiophene rings is 2. The second kappa shape index (κ2) is 12.8. The van der Waals surface area contributed by atoms with Crippen molar-refractivity contribution in [3.05, 3.63) is 182 Å². The van der Waals surface area contributed by atoms with Crippen molar-refractivity contribution in [2.24, 2.45) is 0 Å². The highest BCUT2D eigenvalue weighted by atomic mass is 32.1. The van der Waals surface area contributed by atoms with Gasteiger partial charge in [0.05, 0.1) is 11.0 Å². The Morgan fingerprint density at radius 2 is 0.965 bits per heavy atom. The minimum Gasteiger partial charge on any atom is -0.309 e. The highest BCUT2D eigenvalue weighted by molar-refractivity contribution is 7.26. The molecule has 12 aromatic rings. The van der Waals surface area contributed by atoms with Crippen LogP contribution in [0.15, 0.2) is 182 Å². The first-order chi connectivity index (χ1) is 28.2. The first-order valence-electron chi connectivity index (χ1n) is 19.0. The molecule has 8 aromatic carbocycles. The largest absolute Gasteiger partial charge is 0.309 e. The first-order valence-corrected chi connectivity index (χ1v) is 20.7. The fraction of sp³-hybridized carbons (Fsp3) is 0. The van der Waals surface area contributed by atoms with Gasteiger partial charge in [-0.05, 0) is 53.6 Å². The predicted octanol–water partition coefficient (Wildman–Crippen LogP) is 14.4. The van der Waals surface area contributed by atoms with E-state index in [9.17, 15) is 0 Å². The van der Waals surface area contributed by atoms with Crippen LogP contribution in [0.2, 0.25) is 0 Å². The quantitative estimate of drug-likeness (QED) is 0.175. The van der Waals surface area contributed by atoms with E-state index in [4.69, 9.17) is 15.0 Å². The molecule has 4 nitrogen and oxygen atoms in total. The highest BCUT2D eigenvalue weighted by Gasteiger charge is 2.22. The summed E-state index contributed by atoms with van der Waals surface area (Å²) >= 11 is 3.61. The number of aromatic nitrogens is 4. The fourth-order valence-corrected chi connectivity index (χ4v) is 10.8. The Bertz CT molecular complexity index is 3470. The molecule has 0 spiro atoms. The molecule has 0 unspecified atom stereocenters. The number of fused-ring (bicyclic) bond motifs is 9. The van der Waals surface area contributed by atoms with Gasteiger partial charge in [0.25, 0.3) is 0 Å². The van der Waals surface area contributed by atoms with Gasteiger partial charge in [-0.1, -0.05) is 140 Å². The molecule has 12 rings (SSSR count). The van der Waals surface area contributed by atoms with Crippen molar-refractivity contribution in [2.75, 3.05) is 0 Å². The molecule has 0 atom stereocenters. The van der Waals surface area contributed by atoms with Crippen LogP contribution in [0.1, 0.15) is 0 Å². The maximum absolute atomic E-state index is 5.45. The number of hydrogen-bond donors (Lipinski definition) is 0. The Morgan fingerprint density at radius 3 is 1.72 bits per heavy atom. The van der Waals surface area contributed by atoms with Gasteiger partial charge in [-0.3, -0.25) is 0 Å². The molecule has 0 saturated carbocycles. The average Bonchev–Trinajstić information content (AvgIpc) is 3.96. The molecule has 0 fully saturated rings. The lowest BCUT2D eigenvalue weighted by molar-refractivity contribution is 1.08. The van der Waals surface area contributed by atoms with E-state index in [0.29, 0.717) is 17.5 Å². The molecular formula is C51H30N4S2. The van der Waals surface area contributed by atoms with Gasteiger partial charge >= 0.3 is 0 Å². The third-order valence-electron chi connectivity index (χ3n) is 11.1. The molecule has 6 heteroatoms. The van der Waals surface area contributed by atoms with Crippen LogP contribution in [0, 0.1) is 0 Å². The minimum atomic E-state index is 0.648. The maximum Gasteiger partial charge on any atom is 0.165 e. The van der Waals surface area contributed by atoms with Crippen LogP contribution in [0.4, 0.5) is 0 Å². The number of rotatable bonds is 5. The maximum atomic E-state index is 5.45. The lowest BCUT2D eigenvalue weighted by Crippen LogP contribution is -2.01. The van der Waals surface area contributed by atoms with Gasteiger partial charge in [0.1, 0.15) is 0 Å². The van der Waals surface area contributed by atoms with Crippen LogP contribution in [-0.4, -0.2) is 19.5 Å². The van der Waals surface area contributed by atoms with E-state index in [-0.39, 0.29) is 0 Å². The van der Waals surface area contributed by atoms with Crippen molar-refractivity contribution in [2.45, 2.75) is 0 Å². The van der Waals surface area contributed by atoms with E-state index in [1.807, 2.05) is 18.2 Å². The van der Waals surface area contributed by atoms with Crippen molar-refractivity contribution in [1.82, 2.24) is 19.5 Å². The summed E-state index contributed by atoms with van der Waals surface area (Å²) in [7, 11) is 0. The molecule has 0 saturated heterocycles. The zero-order valence-corrected chi connectivity index (χ0v) is 32.1. The van der Waals surface area contributed by atoms with E-state index >= 15 is 0 Å². The summed E-state index contributed by atoms with van der Waals surface area (Å²) in [5, 5.41) is 7.23. The molecule has 57 heavy (non-hydrogen) atoms. The van der Waals surface area contributed by atoms with Crippen LogP contribution in [0.3, 0.4) is 0 Å². The van der Waals surface area contributed by atoms with Crippen LogP contribution in [-0.2, 0) is 0 Å². The number of hydrogen-bond acceptors (Lipinski definition) is 5. The zero-order chi connectivity index (χ0) is 37.5. The number of nitrogens with zero attached hydrogens (tertiary/aromatic N) is 4. The van der Waals surface area contributed by atoms with Crippen LogP contribution >= 0.6 is 22.7 Å². The molecule has 0 aliphatic rings. The lowest BCUT2D eigenvalue weighted by atomic mass is 10.0. The Morgan fingerprint density at radius 1 is 0.351 bits per heavy atom. The van der Waals surface area contributed by atoms with E-state index < -0.39 is 0 Å². The topological polar surface area (TPSA) is 43.6 Å². The Balaban J connectivity index is 1.18. The van der Waals surface area contributed by atoms with E-state index in [0.717, 1.165) is 38.1 Å². The molecule has 0 N–H and O–H groups in total. The molecule has 0 aliphatic heterocycles. The third-order valence-corrected chi connectivity index (χ3v) is 13.4. The minimum absolute atomic E-state index is 0.648. The summed E-state index contributed by atoms with van der Waals surface area (Å²) in [6.45, 7) is 0. The Labute approximate surface area is 335 Å². The standard InChI is InChI=1S/C51H30N4S2/c1-3-14-31(15-4-1)33-26-27-37-40-29-34(55-42-22-10-7-18-35(42)36-19-8-11-23-43(36)55)30-41(48(40)57-46(37)28-33)51-53-49(32-16-5-2-6-17-32)52-50(54-51)39-21-13-25-45-47(39)38-20-9-12-24-44(38)56-45/h1-30H. The summed E-state index contributed by atoms with van der Waals surface area (Å²) in [6, 6.07) is 64.9. The van der Waals surface area contributed by atoms with Crippen molar-refractivity contribution in [3.8, 4) is 51.0 Å². The van der Waals surface area contributed by atoms with Crippen LogP contribution in [0.5, 0.6) is 0 Å². The van der Waals surface area contributed by atoms with Crippen molar-refractivity contribution >= 4 is 84.8 Å². The van der Waals surface area contributed by atoms with Crippen molar-refractivity contribution in [3.63, 3.8) is 0 Å². The third kappa shape index (κ3) is 5.15. The summed E-state index contributed by atoms with van der Waals surface area (Å²) in [6.07, 6.45) is 0. The second-order valence-corrected chi connectivity index (χ2v) is 16.5. The van der Waals surface area contributed by atoms with Gasteiger partial charge in [-0.25, -0.2) is 15.0 Å². The Kier molecular flexibility index (Phi) is 7.24. The lowest BCUT2D eigenvalue weighted by Gasteiger charge is -2.13. The molecule has 266 valence electrons. The van der Waals surface area contributed by atoms with E-state index in [1.165, 1.54) is 57.5 Å². The van der Waals surface area contributed by atoms with Crippen LogP contribution < -0.4 is 0 Å². The summed E-state index contributed by atoms with van der Waals surface area (Å²) in [5.74, 6) is 1.96. The fourth-order valence-electron chi connectivity index (χ4n) is 8.46. The van der Waals surface area contributed by atoms with Crippen molar-refractivity contribution in [1.29, 1.82) is 0 Å². The van der Waals surface area contributed by atoms with Gasteiger partial charge in [0, 0.05) is 73.5 Å². The SMILES string of the molecule is c1ccc(-c2ccc3c(c2)sc2c(-c4nc(-c5ccccc5)nc(-c5cccc6sc7ccccc7c56)n4)cc(-n4c5ccccc5c5ccccc54)cc23)cc1. The first kappa shape index (κ1) is 32.3. The van der Waals surface area contributed by atoms with Gasteiger partial charge in [0.2, 0.25) is 0 Å². The van der Waals surface area contributed by atoms with Crippen molar-refractivity contribution < 1.29 is 0 Å². The summed E-state index contributed by atoms with van der Waals surface area (Å²) < 4.78 is 7.23. The smallest absolute Gasteiger partial charge is 0.165 e. The predicted molar refractivity (Wildman–Crippen MR) is 242 cm³/mol. The van der Waals surface area contributed by atoms with Crippen LogP contribution in [0.25, 0.3) is 113 Å². The second-order valence-electron chi connectivity index (χ2n) is 14.4. The molecular weight excluding hydrogens is 733 g/mol. The van der Waals surface area contributed by atoms with Gasteiger partial charge in [0.15, 0.2) is 17.5 Å². The molecule has 4 heterocycles. The number of benzene rings is 8. The molecule has 0 radical (unpaired) electrons. The van der Waals surface area contributed by atoms with E-state index in [2.05, 4.69) is 168 Å². The number of para-hydroxylation sites is 2.